The zero-order valence-corrected chi connectivity index (χ0v) is 13.1. The second-order valence-corrected chi connectivity index (χ2v) is 6.47. The van der Waals surface area contributed by atoms with Gasteiger partial charge in [-0.15, -0.1) is 0 Å². The van der Waals surface area contributed by atoms with Gasteiger partial charge in [0.1, 0.15) is 11.5 Å². The average molecular weight is 277 g/mol. The standard InChI is InChI=1S/C17H27NO2/c1-17(2)10-6-5-7-14(17)16(18)13-9-8-12(19-3)11-15(13)20-4/h8-9,11,14,16H,5-7,10,18H2,1-4H3. The molecule has 2 atom stereocenters. The van der Waals surface area contributed by atoms with Crippen LogP contribution in [-0.2, 0) is 0 Å². The summed E-state index contributed by atoms with van der Waals surface area (Å²) in [5.41, 5.74) is 7.98. The molecule has 0 heterocycles. The minimum absolute atomic E-state index is 0.0196. The predicted molar refractivity (Wildman–Crippen MR) is 82.2 cm³/mol. The quantitative estimate of drug-likeness (QED) is 0.907. The smallest absolute Gasteiger partial charge is 0.127 e. The SMILES string of the molecule is COc1ccc(C(N)C2CCCCC2(C)C)c(OC)c1. The van der Waals surface area contributed by atoms with E-state index < -0.39 is 0 Å². The van der Waals surface area contributed by atoms with E-state index in [2.05, 4.69) is 13.8 Å². The van der Waals surface area contributed by atoms with Gasteiger partial charge in [0, 0.05) is 17.7 Å². The molecule has 1 aromatic rings. The number of rotatable bonds is 4. The lowest BCUT2D eigenvalue weighted by Gasteiger charge is -2.42. The molecule has 1 aliphatic rings. The van der Waals surface area contributed by atoms with Crippen molar-refractivity contribution >= 4 is 0 Å². The zero-order valence-electron chi connectivity index (χ0n) is 13.1. The topological polar surface area (TPSA) is 44.5 Å². The fourth-order valence-corrected chi connectivity index (χ4v) is 3.50. The molecule has 0 amide bonds. The van der Waals surface area contributed by atoms with Crippen LogP contribution in [-0.4, -0.2) is 14.2 Å². The van der Waals surface area contributed by atoms with Crippen molar-refractivity contribution in [2.45, 2.75) is 45.6 Å². The van der Waals surface area contributed by atoms with E-state index in [4.69, 9.17) is 15.2 Å². The lowest BCUT2D eigenvalue weighted by molar-refractivity contribution is 0.111. The second-order valence-electron chi connectivity index (χ2n) is 6.47. The summed E-state index contributed by atoms with van der Waals surface area (Å²) in [5, 5.41) is 0. The lowest BCUT2D eigenvalue weighted by atomic mass is 9.65. The molecular weight excluding hydrogens is 250 g/mol. The summed E-state index contributed by atoms with van der Waals surface area (Å²) in [7, 11) is 3.36. The molecule has 0 aliphatic heterocycles. The van der Waals surface area contributed by atoms with Crippen LogP contribution in [0, 0.1) is 11.3 Å². The zero-order chi connectivity index (χ0) is 14.8. The molecule has 0 spiro atoms. The Morgan fingerprint density at radius 2 is 1.95 bits per heavy atom. The van der Waals surface area contributed by atoms with Crippen LogP contribution in [0.4, 0.5) is 0 Å². The summed E-state index contributed by atoms with van der Waals surface area (Å²) in [6.07, 6.45) is 5.05. The van der Waals surface area contributed by atoms with E-state index in [1.165, 1.54) is 25.7 Å². The van der Waals surface area contributed by atoms with Gasteiger partial charge in [-0.1, -0.05) is 32.8 Å². The highest BCUT2D eigenvalue weighted by Gasteiger charge is 2.37. The summed E-state index contributed by atoms with van der Waals surface area (Å²) in [6, 6.07) is 5.96. The molecular formula is C17H27NO2. The van der Waals surface area contributed by atoms with Gasteiger partial charge in [0.05, 0.1) is 14.2 Å². The Labute approximate surface area is 122 Å². The van der Waals surface area contributed by atoms with Crippen LogP contribution < -0.4 is 15.2 Å². The molecule has 1 fully saturated rings. The number of hydrogen-bond acceptors (Lipinski definition) is 3. The van der Waals surface area contributed by atoms with Crippen molar-refractivity contribution in [1.29, 1.82) is 0 Å². The van der Waals surface area contributed by atoms with Gasteiger partial charge in [-0.05, 0) is 30.2 Å². The van der Waals surface area contributed by atoms with E-state index in [9.17, 15) is 0 Å². The van der Waals surface area contributed by atoms with Gasteiger partial charge in [0.25, 0.3) is 0 Å². The first-order chi connectivity index (χ1) is 9.49. The number of benzene rings is 1. The number of nitrogens with two attached hydrogens (primary N) is 1. The molecule has 0 saturated heterocycles. The predicted octanol–water partition coefficient (Wildman–Crippen LogP) is 3.92. The Hall–Kier alpha value is -1.22. The fourth-order valence-electron chi connectivity index (χ4n) is 3.50. The third-order valence-electron chi connectivity index (χ3n) is 4.82. The summed E-state index contributed by atoms with van der Waals surface area (Å²) >= 11 is 0. The van der Waals surface area contributed by atoms with Crippen LogP contribution in [0.25, 0.3) is 0 Å². The maximum absolute atomic E-state index is 6.59. The van der Waals surface area contributed by atoms with Crippen molar-refractivity contribution in [1.82, 2.24) is 0 Å². The van der Waals surface area contributed by atoms with Gasteiger partial charge in [0.15, 0.2) is 0 Å². The summed E-state index contributed by atoms with van der Waals surface area (Å²) in [4.78, 5) is 0. The molecule has 3 heteroatoms. The van der Waals surface area contributed by atoms with Crippen molar-refractivity contribution in [3.63, 3.8) is 0 Å². The van der Waals surface area contributed by atoms with E-state index >= 15 is 0 Å². The Bertz CT molecular complexity index is 456. The molecule has 1 aromatic carbocycles. The van der Waals surface area contributed by atoms with E-state index in [1.54, 1.807) is 14.2 Å². The number of ether oxygens (including phenoxy) is 2. The van der Waals surface area contributed by atoms with Crippen LogP contribution in [0.15, 0.2) is 18.2 Å². The van der Waals surface area contributed by atoms with Crippen molar-refractivity contribution in [2.75, 3.05) is 14.2 Å². The van der Waals surface area contributed by atoms with Crippen LogP contribution >= 0.6 is 0 Å². The normalized spacial score (nSPS) is 23.1. The molecule has 3 nitrogen and oxygen atoms in total. The third-order valence-corrected chi connectivity index (χ3v) is 4.82. The highest BCUT2D eigenvalue weighted by Crippen LogP contribution is 2.47. The minimum atomic E-state index is 0.0196. The van der Waals surface area contributed by atoms with Crippen molar-refractivity contribution in [2.24, 2.45) is 17.1 Å². The maximum atomic E-state index is 6.59. The largest absolute Gasteiger partial charge is 0.497 e. The van der Waals surface area contributed by atoms with E-state index in [0.29, 0.717) is 11.3 Å². The van der Waals surface area contributed by atoms with Crippen LogP contribution in [0.5, 0.6) is 11.5 Å². The van der Waals surface area contributed by atoms with E-state index in [0.717, 1.165) is 17.1 Å². The molecule has 2 rings (SSSR count). The van der Waals surface area contributed by atoms with E-state index in [1.807, 2.05) is 18.2 Å². The van der Waals surface area contributed by atoms with Gasteiger partial charge in [0.2, 0.25) is 0 Å². The maximum Gasteiger partial charge on any atom is 0.127 e. The lowest BCUT2D eigenvalue weighted by Crippen LogP contribution is -2.36. The van der Waals surface area contributed by atoms with Gasteiger partial charge in [-0.3, -0.25) is 0 Å². The summed E-state index contributed by atoms with van der Waals surface area (Å²) in [5.74, 6) is 2.14. The molecule has 1 aliphatic carbocycles. The van der Waals surface area contributed by atoms with Crippen LogP contribution in [0.1, 0.15) is 51.1 Å². The second kappa shape index (κ2) is 6.04. The molecule has 1 saturated carbocycles. The Morgan fingerprint density at radius 1 is 1.20 bits per heavy atom. The average Bonchev–Trinajstić information content (AvgIpc) is 2.45. The summed E-state index contributed by atoms with van der Waals surface area (Å²) in [6.45, 7) is 4.68. The van der Waals surface area contributed by atoms with Crippen LogP contribution in [0.3, 0.4) is 0 Å². The Morgan fingerprint density at radius 3 is 2.55 bits per heavy atom. The number of hydrogen-bond donors (Lipinski definition) is 1. The first-order valence-electron chi connectivity index (χ1n) is 7.47. The van der Waals surface area contributed by atoms with Gasteiger partial charge >= 0.3 is 0 Å². The molecule has 0 aromatic heterocycles. The van der Waals surface area contributed by atoms with E-state index in [-0.39, 0.29) is 6.04 Å². The first kappa shape index (κ1) is 15.2. The van der Waals surface area contributed by atoms with Crippen molar-refractivity contribution in [3.8, 4) is 11.5 Å². The Balaban J connectivity index is 2.30. The highest BCUT2D eigenvalue weighted by molar-refractivity contribution is 5.42. The Kier molecular flexibility index (Phi) is 4.59. The van der Waals surface area contributed by atoms with Gasteiger partial charge < -0.3 is 15.2 Å². The first-order valence-corrected chi connectivity index (χ1v) is 7.47. The van der Waals surface area contributed by atoms with Gasteiger partial charge in [-0.25, -0.2) is 0 Å². The fraction of sp³-hybridized carbons (Fsp3) is 0.647. The molecule has 20 heavy (non-hydrogen) atoms. The number of methoxy groups -OCH3 is 2. The monoisotopic (exact) mass is 277 g/mol. The third kappa shape index (κ3) is 2.93. The summed E-state index contributed by atoms with van der Waals surface area (Å²) < 4.78 is 10.8. The molecule has 0 radical (unpaired) electrons. The van der Waals surface area contributed by atoms with Crippen molar-refractivity contribution in [3.05, 3.63) is 23.8 Å². The molecule has 2 N–H and O–H groups in total. The minimum Gasteiger partial charge on any atom is -0.497 e. The molecule has 112 valence electrons. The van der Waals surface area contributed by atoms with Crippen LogP contribution in [0.2, 0.25) is 0 Å². The van der Waals surface area contributed by atoms with Gasteiger partial charge in [-0.2, -0.15) is 0 Å². The molecule has 2 unspecified atom stereocenters. The highest BCUT2D eigenvalue weighted by atomic mass is 16.5. The molecule has 0 bridgehead atoms. The van der Waals surface area contributed by atoms with Crippen molar-refractivity contribution < 1.29 is 9.47 Å².